The molecule has 0 bridgehead atoms. The van der Waals surface area contributed by atoms with Gasteiger partial charge in [-0.15, -0.1) is 0 Å². The Morgan fingerprint density at radius 1 is 0.833 bits per heavy atom. The summed E-state index contributed by atoms with van der Waals surface area (Å²) in [5.41, 5.74) is 3.59. The minimum Gasteiger partial charge on any atom is -0.376 e. The van der Waals surface area contributed by atoms with Gasteiger partial charge in [0.1, 0.15) is 0 Å². The van der Waals surface area contributed by atoms with E-state index in [1.54, 1.807) is 36.4 Å². The van der Waals surface area contributed by atoms with Gasteiger partial charge in [0.05, 0.1) is 17.4 Å². The molecule has 0 spiro atoms. The van der Waals surface area contributed by atoms with E-state index in [-0.39, 0.29) is 17.9 Å². The first-order valence-electron chi connectivity index (χ1n) is 10.2. The van der Waals surface area contributed by atoms with Crippen LogP contribution in [0.1, 0.15) is 33.6 Å². The highest BCUT2D eigenvalue weighted by Crippen LogP contribution is 2.21. The molecule has 1 fully saturated rings. The maximum absolute atomic E-state index is 12.7. The summed E-state index contributed by atoms with van der Waals surface area (Å²) in [4.78, 5) is 25.4. The summed E-state index contributed by atoms with van der Waals surface area (Å²) in [6, 6.07) is 24.4. The van der Waals surface area contributed by atoms with Crippen molar-refractivity contribution in [1.29, 1.82) is 0 Å². The van der Waals surface area contributed by atoms with Gasteiger partial charge in [-0.2, -0.15) is 0 Å². The first-order valence-corrected chi connectivity index (χ1v) is 10.2. The Hall–Kier alpha value is -3.44. The van der Waals surface area contributed by atoms with Crippen molar-refractivity contribution < 1.29 is 14.3 Å². The third-order valence-corrected chi connectivity index (χ3v) is 5.19. The Morgan fingerprint density at radius 3 is 2.27 bits per heavy atom. The maximum Gasteiger partial charge on any atom is 0.255 e. The molecule has 0 radical (unpaired) electrons. The third kappa shape index (κ3) is 4.75. The van der Waals surface area contributed by atoms with E-state index >= 15 is 0 Å². The molecule has 0 saturated carbocycles. The second-order valence-corrected chi connectivity index (χ2v) is 7.29. The molecule has 3 aromatic carbocycles. The predicted octanol–water partition coefficient (Wildman–Crippen LogP) is 4.51. The molecule has 1 aliphatic rings. The van der Waals surface area contributed by atoms with Crippen LogP contribution >= 0.6 is 0 Å². The van der Waals surface area contributed by atoms with Gasteiger partial charge >= 0.3 is 0 Å². The van der Waals surface area contributed by atoms with Gasteiger partial charge in [0.15, 0.2) is 0 Å². The summed E-state index contributed by atoms with van der Waals surface area (Å²) in [6.07, 6.45) is 2.05. The molecule has 1 unspecified atom stereocenters. The van der Waals surface area contributed by atoms with Crippen LogP contribution in [0.3, 0.4) is 0 Å². The molecule has 1 aliphatic heterocycles. The summed E-state index contributed by atoms with van der Waals surface area (Å²) in [7, 11) is 0. The largest absolute Gasteiger partial charge is 0.376 e. The summed E-state index contributed by atoms with van der Waals surface area (Å²) >= 11 is 0. The highest BCUT2D eigenvalue weighted by molar-refractivity contribution is 6.09. The van der Waals surface area contributed by atoms with E-state index in [1.165, 1.54) is 0 Å². The number of carbonyl (C=O) groups is 2. The molecule has 1 atom stereocenters. The molecule has 1 heterocycles. The molecule has 2 N–H and O–H groups in total. The number of rotatable bonds is 6. The van der Waals surface area contributed by atoms with Crippen molar-refractivity contribution in [2.45, 2.75) is 18.9 Å². The molecule has 0 aliphatic carbocycles. The second kappa shape index (κ2) is 9.37. The zero-order chi connectivity index (χ0) is 20.8. The Balaban J connectivity index is 1.43. The lowest BCUT2D eigenvalue weighted by Gasteiger charge is -2.14. The molecular formula is C25H24N2O3. The van der Waals surface area contributed by atoms with Crippen LogP contribution in [0, 0.1) is 0 Å². The van der Waals surface area contributed by atoms with E-state index in [2.05, 4.69) is 10.6 Å². The average Bonchev–Trinajstić information content (AvgIpc) is 3.32. The minimum absolute atomic E-state index is 0.0684. The van der Waals surface area contributed by atoms with Gasteiger partial charge in [0.25, 0.3) is 11.8 Å². The smallest absolute Gasteiger partial charge is 0.255 e. The number of amides is 2. The Bertz CT molecular complexity index is 1010. The fourth-order valence-electron chi connectivity index (χ4n) is 3.54. The summed E-state index contributed by atoms with van der Waals surface area (Å²) in [6.45, 7) is 1.22. The topological polar surface area (TPSA) is 67.4 Å². The van der Waals surface area contributed by atoms with Gasteiger partial charge in [0.2, 0.25) is 0 Å². The van der Waals surface area contributed by atoms with Crippen LogP contribution in [0.5, 0.6) is 0 Å². The van der Waals surface area contributed by atoms with Gasteiger partial charge in [-0.3, -0.25) is 9.59 Å². The highest BCUT2D eigenvalue weighted by Gasteiger charge is 2.18. The van der Waals surface area contributed by atoms with E-state index in [0.717, 1.165) is 30.6 Å². The van der Waals surface area contributed by atoms with E-state index in [0.29, 0.717) is 23.4 Å². The van der Waals surface area contributed by atoms with Crippen LogP contribution in [-0.4, -0.2) is 31.1 Å². The first-order chi connectivity index (χ1) is 14.7. The number of para-hydroxylation sites is 1. The molecule has 2 amide bonds. The van der Waals surface area contributed by atoms with Gasteiger partial charge < -0.3 is 15.4 Å². The number of ether oxygens (including phenoxy) is 1. The molecule has 4 rings (SSSR count). The van der Waals surface area contributed by atoms with Crippen molar-refractivity contribution in [3.8, 4) is 11.1 Å². The molecule has 5 heteroatoms. The number of anilines is 1. The number of hydrogen-bond donors (Lipinski definition) is 2. The summed E-state index contributed by atoms with van der Waals surface area (Å²) in [5.74, 6) is -0.477. The Morgan fingerprint density at radius 2 is 1.53 bits per heavy atom. The van der Waals surface area contributed by atoms with Gasteiger partial charge in [0, 0.05) is 18.7 Å². The van der Waals surface area contributed by atoms with Crippen molar-refractivity contribution in [2.24, 2.45) is 0 Å². The lowest BCUT2D eigenvalue weighted by atomic mass is 10.0. The predicted molar refractivity (Wildman–Crippen MR) is 118 cm³/mol. The quantitative estimate of drug-likeness (QED) is 0.640. The van der Waals surface area contributed by atoms with E-state index in [4.69, 9.17) is 4.74 Å². The van der Waals surface area contributed by atoms with Gasteiger partial charge in [-0.1, -0.05) is 54.6 Å². The number of benzene rings is 3. The van der Waals surface area contributed by atoms with Crippen LogP contribution < -0.4 is 10.6 Å². The number of carbonyl (C=O) groups excluding carboxylic acids is 2. The molecule has 152 valence electrons. The minimum atomic E-state index is -0.256. The average molecular weight is 400 g/mol. The molecule has 3 aromatic rings. The molecule has 30 heavy (non-hydrogen) atoms. The van der Waals surface area contributed by atoms with Crippen LogP contribution in [0.2, 0.25) is 0 Å². The Labute approximate surface area is 176 Å². The van der Waals surface area contributed by atoms with Crippen LogP contribution in [0.25, 0.3) is 11.1 Å². The van der Waals surface area contributed by atoms with Crippen molar-refractivity contribution >= 4 is 17.5 Å². The van der Waals surface area contributed by atoms with Crippen LogP contribution in [0.4, 0.5) is 5.69 Å². The first kappa shape index (κ1) is 19.9. The fourth-order valence-corrected chi connectivity index (χ4v) is 3.54. The zero-order valence-electron chi connectivity index (χ0n) is 16.6. The number of hydrogen-bond acceptors (Lipinski definition) is 3. The van der Waals surface area contributed by atoms with Crippen LogP contribution in [0.15, 0.2) is 78.9 Å². The third-order valence-electron chi connectivity index (χ3n) is 5.19. The Kier molecular flexibility index (Phi) is 6.20. The molecule has 0 aromatic heterocycles. The molecule has 5 nitrogen and oxygen atoms in total. The zero-order valence-corrected chi connectivity index (χ0v) is 16.6. The standard InChI is InChI=1S/C25H24N2O3/c28-24(20-14-12-19(13-15-20)18-7-2-1-3-8-18)27-23-11-5-4-10-22(23)25(29)26-17-21-9-6-16-30-21/h1-5,7-8,10-15,21H,6,9,16-17H2,(H,26,29)(H,27,28). The van der Waals surface area contributed by atoms with Gasteiger partial charge in [-0.05, 0) is 48.2 Å². The van der Waals surface area contributed by atoms with Crippen molar-refractivity contribution in [2.75, 3.05) is 18.5 Å². The van der Waals surface area contributed by atoms with Crippen molar-refractivity contribution in [1.82, 2.24) is 5.32 Å². The monoisotopic (exact) mass is 400 g/mol. The van der Waals surface area contributed by atoms with E-state index in [1.807, 2.05) is 42.5 Å². The van der Waals surface area contributed by atoms with Crippen molar-refractivity contribution in [3.63, 3.8) is 0 Å². The summed E-state index contributed by atoms with van der Waals surface area (Å²) in [5, 5.41) is 5.77. The normalized spacial score (nSPS) is 15.5. The maximum atomic E-state index is 12.7. The van der Waals surface area contributed by atoms with Crippen molar-refractivity contribution in [3.05, 3.63) is 90.0 Å². The van der Waals surface area contributed by atoms with Crippen LogP contribution in [-0.2, 0) is 4.74 Å². The van der Waals surface area contributed by atoms with E-state index in [9.17, 15) is 9.59 Å². The number of nitrogens with one attached hydrogen (secondary N) is 2. The fraction of sp³-hybridized carbons (Fsp3) is 0.200. The SMILES string of the molecule is O=C(Nc1ccccc1C(=O)NCC1CCCO1)c1ccc(-c2ccccc2)cc1. The van der Waals surface area contributed by atoms with E-state index < -0.39 is 0 Å². The van der Waals surface area contributed by atoms with Gasteiger partial charge in [-0.25, -0.2) is 0 Å². The highest BCUT2D eigenvalue weighted by atomic mass is 16.5. The second-order valence-electron chi connectivity index (χ2n) is 7.29. The molecule has 1 saturated heterocycles. The molecular weight excluding hydrogens is 376 g/mol. The summed E-state index contributed by atoms with van der Waals surface area (Å²) < 4.78 is 5.55. The lowest BCUT2D eigenvalue weighted by Crippen LogP contribution is -2.32. The lowest BCUT2D eigenvalue weighted by molar-refractivity contribution is 0.0858.